The second-order valence-corrected chi connectivity index (χ2v) is 9.19. The van der Waals surface area contributed by atoms with Crippen LogP contribution in [0.15, 0.2) is 72.9 Å². The lowest BCUT2D eigenvalue weighted by Crippen LogP contribution is -2.32. The van der Waals surface area contributed by atoms with E-state index in [1.165, 1.54) is 40.6 Å². The molecule has 1 aliphatic carbocycles. The van der Waals surface area contributed by atoms with Gasteiger partial charge in [0.15, 0.2) is 0 Å². The van der Waals surface area contributed by atoms with E-state index < -0.39 is 0 Å². The molecule has 0 bridgehead atoms. The normalized spacial score (nSPS) is 16.3. The molecule has 0 saturated carbocycles. The lowest BCUT2D eigenvalue weighted by atomic mass is 9.98. The van der Waals surface area contributed by atoms with Crippen molar-refractivity contribution in [3.8, 4) is 11.3 Å². The van der Waals surface area contributed by atoms with E-state index in [9.17, 15) is 0 Å². The molecule has 4 aromatic rings. The first-order valence-electron chi connectivity index (χ1n) is 11.6. The van der Waals surface area contributed by atoms with Gasteiger partial charge in [0.1, 0.15) is 0 Å². The van der Waals surface area contributed by atoms with E-state index in [4.69, 9.17) is 9.97 Å². The number of hydrogen-bond donors (Lipinski definition) is 0. The molecule has 3 heteroatoms. The molecular weight excluding hydrogens is 390 g/mol. The molecule has 2 aromatic carbocycles. The van der Waals surface area contributed by atoms with Crippen LogP contribution in [-0.2, 0) is 6.42 Å². The Balaban J connectivity index is 1.37. The average molecular weight is 418 g/mol. The number of hydrogen-bond acceptors (Lipinski definition) is 3. The van der Waals surface area contributed by atoms with Gasteiger partial charge in [-0.3, -0.25) is 4.98 Å². The number of benzene rings is 2. The smallest absolute Gasteiger partial charge is 0.0942 e. The summed E-state index contributed by atoms with van der Waals surface area (Å²) in [6.45, 7) is 4.58. The Bertz CT molecular complexity index is 1320. The monoisotopic (exact) mass is 417 g/mol. The van der Waals surface area contributed by atoms with Crippen LogP contribution in [0.25, 0.3) is 33.8 Å². The zero-order valence-electron chi connectivity index (χ0n) is 18.5. The topological polar surface area (TPSA) is 29.0 Å². The van der Waals surface area contributed by atoms with Crippen LogP contribution >= 0.6 is 0 Å². The van der Waals surface area contributed by atoms with Crippen molar-refractivity contribution >= 4 is 28.2 Å². The molecule has 0 spiro atoms. The third-order valence-corrected chi connectivity index (χ3v) is 6.95. The van der Waals surface area contributed by atoms with Gasteiger partial charge in [0, 0.05) is 36.7 Å². The van der Waals surface area contributed by atoms with Crippen LogP contribution in [-0.4, -0.2) is 23.1 Å². The molecule has 2 aliphatic rings. The fourth-order valence-corrected chi connectivity index (χ4v) is 4.98. The van der Waals surface area contributed by atoms with Gasteiger partial charge in [-0.2, -0.15) is 0 Å². The van der Waals surface area contributed by atoms with Crippen LogP contribution in [0.1, 0.15) is 36.6 Å². The Morgan fingerprint density at radius 1 is 0.875 bits per heavy atom. The van der Waals surface area contributed by atoms with Gasteiger partial charge in [-0.05, 0) is 59.7 Å². The molecule has 3 nitrogen and oxygen atoms in total. The van der Waals surface area contributed by atoms with Crippen molar-refractivity contribution in [2.45, 2.75) is 26.2 Å². The summed E-state index contributed by atoms with van der Waals surface area (Å²) >= 11 is 0. The summed E-state index contributed by atoms with van der Waals surface area (Å²) in [5.74, 6) is 0.816. The highest BCUT2D eigenvalue weighted by Crippen LogP contribution is 2.34. The van der Waals surface area contributed by atoms with Gasteiger partial charge in [0.2, 0.25) is 0 Å². The summed E-state index contributed by atoms with van der Waals surface area (Å²) in [7, 11) is 0. The molecule has 3 heterocycles. The highest BCUT2D eigenvalue weighted by molar-refractivity contribution is 5.93. The number of rotatable bonds is 3. The summed E-state index contributed by atoms with van der Waals surface area (Å²) in [5.41, 5.74) is 9.40. The van der Waals surface area contributed by atoms with Crippen molar-refractivity contribution in [2.75, 3.05) is 18.0 Å². The molecule has 0 amide bonds. The van der Waals surface area contributed by atoms with Crippen LogP contribution in [0.3, 0.4) is 0 Å². The van der Waals surface area contributed by atoms with Gasteiger partial charge in [-0.15, -0.1) is 0 Å². The molecular formula is C29H27N3. The predicted octanol–water partition coefficient (Wildman–Crippen LogP) is 6.63. The minimum atomic E-state index is 0.816. The number of nitrogens with zero attached hydrogens (tertiary/aromatic N) is 3. The van der Waals surface area contributed by atoms with E-state index in [-0.39, 0.29) is 0 Å². The molecule has 1 fully saturated rings. The van der Waals surface area contributed by atoms with Gasteiger partial charge in [0.25, 0.3) is 0 Å². The summed E-state index contributed by atoms with van der Waals surface area (Å²) in [6, 6.07) is 23.7. The van der Waals surface area contributed by atoms with Crippen LogP contribution in [0, 0.1) is 5.92 Å². The minimum absolute atomic E-state index is 0.816. The number of allylic oxidation sites excluding steroid dienone is 1. The van der Waals surface area contributed by atoms with Crippen molar-refractivity contribution in [1.29, 1.82) is 0 Å². The van der Waals surface area contributed by atoms with Crippen molar-refractivity contribution in [1.82, 2.24) is 9.97 Å². The van der Waals surface area contributed by atoms with Crippen LogP contribution in [0.5, 0.6) is 0 Å². The summed E-state index contributed by atoms with van der Waals surface area (Å²) < 4.78 is 0. The zero-order valence-corrected chi connectivity index (χ0v) is 18.5. The van der Waals surface area contributed by atoms with Crippen molar-refractivity contribution < 1.29 is 0 Å². The molecule has 0 N–H and O–H groups in total. The number of fused-ring (bicyclic) bond motifs is 2. The third-order valence-electron chi connectivity index (χ3n) is 6.95. The SMILES string of the molecule is CC1CCN(c2cccc3ccc(-c4cnc5c(c4)C=C(c4ccccc4)C5)nc23)CC1. The van der Waals surface area contributed by atoms with E-state index in [0.29, 0.717) is 0 Å². The van der Waals surface area contributed by atoms with Crippen molar-refractivity contribution in [2.24, 2.45) is 5.92 Å². The Morgan fingerprint density at radius 2 is 1.72 bits per heavy atom. The van der Waals surface area contributed by atoms with Gasteiger partial charge >= 0.3 is 0 Å². The molecule has 0 unspecified atom stereocenters. The second-order valence-electron chi connectivity index (χ2n) is 9.19. The first-order valence-corrected chi connectivity index (χ1v) is 11.6. The Morgan fingerprint density at radius 3 is 2.56 bits per heavy atom. The highest BCUT2D eigenvalue weighted by atomic mass is 15.1. The standard InChI is InChI=1S/C29H27N3/c1-20-12-14-32(15-13-20)28-9-5-8-22-10-11-26(31-29(22)28)25-17-24-16-23(18-27(24)30-19-25)21-6-3-2-4-7-21/h2-11,16-17,19-20H,12-15,18H2,1H3. The maximum Gasteiger partial charge on any atom is 0.0942 e. The van der Waals surface area contributed by atoms with Crippen LogP contribution in [0.4, 0.5) is 5.69 Å². The van der Waals surface area contributed by atoms with E-state index in [1.54, 1.807) is 0 Å². The van der Waals surface area contributed by atoms with Crippen molar-refractivity contribution in [3.63, 3.8) is 0 Å². The number of para-hydroxylation sites is 1. The zero-order chi connectivity index (χ0) is 21.5. The van der Waals surface area contributed by atoms with E-state index in [1.807, 2.05) is 6.20 Å². The maximum absolute atomic E-state index is 5.14. The summed E-state index contributed by atoms with van der Waals surface area (Å²) in [5, 5.41) is 1.20. The lowest BCUT2D eigenvalue weighted by molar-refractivity contribution is 0.439. The number of pyridine rings is 2. The van der Waals surface area contributed by atoms with Gasteiger partial charge < -0.3 is 4.90 Å². The Labute approximate surface area is 189 Å². The van der Waals surface area contributed by atoms with E-state index in [2.05, 4.69) is 84.6 Å². The lowest BCUT2D eigenvalue weighted by Gasteiger charge is -2.32. The first-order chi connectivity index (χ1) is 15.7. The Kier molecular flexibility index (Phi) is 4.75. The molecule has 32 heavy (non-hydrogen) atoms. The largest absolute Gasteiger partial charge is 0.370 e. The predicted molar refractivity (Wildman–Crippen MR) is 134 cm³/mol. The molecule has 1 saturated heterocycles. The molecule has 1 aliphatic heterocycles. The summed E-state index contributed by atoms with van der Waals surface area (Å²) in [4.78, 5) is 12.5. The van der Waals surface area contributed by atoms with E-state index in [0.717, 1.165) is 47.9 Å². The average Bonchev–Trinajstić information content (AvgIpc) is 3.28. The second kappa shape index (κ2) is 7.90. The van der Waals surface area contributed by atoms with Crippen molar-refractivity contribution in [3.05, 3.63) is 89.7 Å². The van der Waals surface area contributed by atoms with Gasteiger partial charge in [-0.1, -0.05) is 55.5 Å². The van der Waals surface area contributed by atoms with Gasteiger partial charge in [0.05, 0.1) is 22.6 Å². The molecule has 2 aromatic heterocycles. The molecule has 158 valence electrons. The fraction of sp³-hybridized carbons (Fsp3) is 0.241. The number of piperidine rings is 1. The van der Waals surface area contributed by atoms with Crippen LogP contribution < -0.4 is 4.90 Å². The maximum atomic E-state index is 5.14. The highest BCUT2D eigenvalue weighted by Gasteiger charge is 2.19. The number of aromatic nitrogens is 2. The minimum Gasteiger partial charge on any atom is -0.370 e. The molecule has 6 rings (SSSR count). The first kappa shape index (κ1) is 19.2. The summed E-state index contributed by atoms with van der Waals surface area (Å²) in [6.07, 6.45) is 7.66. The van der Waals surface area contributed by atoms with Gasteiger partial charge in [-0.25, -0.2) is 4.98 Å². The quantitative estimate of drug-likeness (QED) is 0.375. The van der Waals surface area contributed by atoms with E-state index >= 15 is 0 Å². The Hall–Kier alpha value is -3.46. The fourth-order valence-electron chi connectivity index (χ4n) is 4.98. The number of anilines is 1. The molecule has 0 atom stereocenters. The molecule has 0 radical (unpaired) electrons. The van der Waals surface area contributed by atoms with Crippen LogP contribution in [0.2, 0.25) is 0 Å². The third kappa shape index (κ3) is 3.48.